The highest BCUT2D eigenvalue weighted by Crippen LogP contribution is 2.24. The summed E-state index contributed by atoms with van der Waals surface area (Å²) in [5.74, 6) is 0.590. The third-order valence-corrected chi connectivity index (χ3v) is 3.63. The molecule has 2 aromatic rings. The van der Waals surface area contributed by atoms with Crippen molar-refractivity contribution >= 4 is 17.5 Å². The van der Waals surface area contributed by atoms with E-state index >= 15 is 0 Å². The highest BCUT2D eigenvalue weighted by Gasteiger charge is 2.08. The molecule has 0 aliphatic rings. The Labute approximate surface area is 141 Å². The van der Waals surface area contributed by atoms with E-state index in [0.29, 0.717) is 30.3 Å². The van der Waals surface area contributed by atoms with Crippen molar-refractivity contribution in [1.29, 1.82) is 0 Å². The van der Waals surface area contributed by atoms with E-state index in [4.69, 9.17) is 22.1 Å². The highest BCUT2D eigenvalue weighted by atomic mass is 35.5. The van der Waals surface area contributed by atoms with Gasteiger partial charge in [-0.15, -0.1) is 0 Å². The van der Waals surface area contributed by atoms with Crippen LogP contribution in [0.5, 0.6) is 5.75 Å². The van der Waals surface area contributed by atoms with Gasteiger partial charge in [-0.2, -0.15) is 0 Å². The van der Waals surface area contributed by atoms with Crippen molar-refractivity contribution in [3.63, 3.8) is 0 Å². The fraction of sp³-hybridized carbons (Fsp3) is 0.278. The van der Waals surface area contributed by atoms with E-state index in [2.05, 4.69) is 5.32 Å². The van der Waals surface area contributed by atoms with Crippen molar-refractivity contribution in [2.24, 2.45) is 5.73 Å². The first kappa shape index (κ1) is 17.3. The Kier molecular flexibility index (Phi) is 6.44. The summed E-state index contributed by atoms with van der Waals surface area (Å²) >= 11 is 6.09. The van der Waals surface area contributed by atoms with Crippen LogP contribution in [0.25, 0.3) is 0 Å². The maximum atomic E-state index is 11.7. The Hall–Kier alpha value is -2.04. The second kappa shape index (κ2) is 8.56. The molecular weight excluding hydrogens is 312 g/mol. The first-order valence-corrected chi connectivity index (χ1v) is 7.90. The van der Waals surface area contributed by atoms with E-state index in [1.54, 1.807) is 6.07 Å². The third kappa shape index (κ3) is 5.58. The first-order chi connectivity index (χ1) is 11.1. The fourth-order valence-electron chi connectivity index (χ4n) is 2.15. The minimum atomic E-state index is -0.145. The second-order valence-electron chi connectivity index (χ2n) is 5.45. The number of rotatable bonds is 7. The summed E-state index contributed by atoms with van der Waals surface area (Å²) < 4.78 is 5.77. The Morgan fingerprint density at radius 2 is 1.83 bits per heavy atom. The molecule has 1 atom stereocenters. The van der Waals surface area contributed by atoms with Gasteiger partial charge in [0.05, 0.1) is 5.02 Å². The maximum Gasteiger partial charge on any atom is 0.221 e. The summed E-state index contributed by atoms with van der Waals surface area (Å²) in [7, 11) is 0. The third-order valence-electron chi connectivity index (χ3n) is 3.32. The molecule has 5 heteroatoms. The summed E-state index contributed by atoms with van der Waals surface area (Å²) in [5.41, 5.74) is 7.64. The van der Waals surface area contributed by atoms with Crippen LogP contribution in [0.4, 0.5) is 0 Å². The number of amides is 1. The lowest BCUT2D eigenvalue weighted by molar-refractivity contribution is -0.121. The first-order valence-electron chi connectivity index (χ1n) is 7.52. The second-order valence-corrected chi connectivity index (χ2v) is 5.85. The zero-order valence-corrected chi connectivity index (χ0v) is 13.8. The molecule has 0 aliphatic carbocycles. The number of ether oxygens (including phenoxy) is 1. The number of carbonyl (C=O) groups is 1. The molecule has 0 bridgehead atoms. The van der Waals surface area contributed by atoms with Gasteiger partial charge in [-0.25, -0.2) is 0 Å². The molecular formula is C18H21ClN2O2. The monoisotopic (exact) mass is 332 g/mol. The van der Waals surface area contributed by atoms with Crippen molar-refractivity contribution in [1.82, 2.24) is 5.32 Å². The SMILES string of the molecule is CC(N)CC(=O)NCc1ccccc1COc1ccccc1Cl. The van der Waals surface area contributed by atoms with Crippen LogP contribution in [0.3, 0.4) is 0 Å². The average Bonchev–Trinajstić information content (AvgIpc) is 2.52. The molecule has 0 aliphatic heterocycles. The average molecular weight is 333 g/mol. The molecule has 1 unspecified atom stereocenters. The molecule has 2 aromatic carbocycles. The molecule has 0 fully saturated rings. The topological polar surface area (TPSA) is 64.4 Å². The number of halogens is 1. The van der Waals surface area contributed by atoms with Crippen LogP contribution in [0.1, 0.15) is 24.5 Å². The van der Waals surface area contributed by atoms with Crippen LogP contribution in [-0.2, 0) is 17.9 Å². The molecule has 3 N–H and O–H groups in total. The summed E-state index contributed by atoms with van der Waals surface area (Å²) in [6.45, 7) is 2.65. The van der Waals surface area contributed by atoms with E-state index in [1.165, 1.54) is 0 Å². The number of nitrogens with two attached hydrogens (primary N) is 1. The Morgan fingerprint density at radius 3 is 2.52 bits per heavy atom. The van der Waals surface area contributed by atoms with Gasteiger partial charge in [0, 0.05) is 19.0 Å². The van der Waals surface area contributed by atoms with E-state index in [-0.39, 0.29) is 11.9 Å². The molecule has 2 rings (SSSR count). The van der Waals surface area contributed by atoms with E-state index in [9.17, 15) is 4.79 Å². The van der Waals surface area contributed by atoms with Gasteiger partial charge in [-0.05, 0) is 30.2 Å². The molecule has 0 saturated carbocycles. The zero-order valence-electron chi connectivity index (χ0n) is 13.1. The molecule has 1 amide bonds. The van der Waals surface area contributed by atoms with Crippen LogP contribution in [0.15, 0.2) is 48.5 Å². The molecule has 0 heterocycles. The number of hydrogen-bond acceptors (Lipinski definition) is 3. The van der Waals surface area contributed by atoms with Gasteiger partial charge in [0.25, 0.3) is 0 Å². The van der Waals surface area contributed by atoms with E-state index < -0.39 is 0 Å². The van der Waals surface area contributed by atoms with Crippen LogP contribution in [-0.4, -0.2) is 11.9 Å². The van der Waals surface area contributed by atoms with Gasteiger partial charge < -0.3 is 15.8 Å². The quantitative estimate of drug-likeness (QED) is 0.818. The van der Waals surface area contributed by atoms with Crippen molar-refractivity contribution in [3.8, 4) is 5.75 Å². The molecule has 122 valence electrons. The Bertz CT molecular complexity index is 659. The van der Waals surface area contributed by atoms with Gasteiger partial charge in [0.1, 0.15) is 12.4 Å². The van der Waals surface area contributed by atoms with Crippen molar-refractivity contribution in [2.45, 2.75) is 32.5 Å². The lowest BCUT2D eigenvalue weighted by Crippen LogP contribution is -2.29. The zero-order chi connectivity index (χ0) is 16.7. The van der Waals surface area contributed by atoms with Gasteiger partial charge in [0.2, 0.25) is 5.91 Å². The van der Waals surface area contributed by atoms with Crippen molar-refractivity contribution in [2.75, 3.05) is 0 Å². The van der Waals surface area contributed by atoms with Crippen LogP contribution >= 0.6 is 11.6 Å². The fourth-order valence-corrected chi connectivity index (χ4v) is 2.34. The molecule has 23 heavy (non-hydrogen) atoms. The Balaban J connectivity index is 1.97. The summed E-state index contributed by atoms with van der Waals surface area (Å²) in [6.07, 6.45) is 0.318. The predicted octanol–water partition coefficient (Wildman–Crippen LogP) is 3.27. The number of hydrogen-bond donors (Lipinski definition) is 2. The Morgan fingerprint density at radius 1 is 1.17 bits per heavy atom. The molecule has 0 spiro atoms. The number of carbonyl (C=O) groups excluding carboxylic acids is 1. The molecule has 4 nitrogen and oxygen atoms in total. The smallest absolute Gasteiger partial charge is 0.221 e. The van der Waals surface area contributed by atoms with E-state index in [0.717, 1.165) is 11.1 Å². The maximum absolute atomic E-state index is 11.7. The van der Waals surface area contributed by atoms with Gasteiger partial charge in [0.15, 0.2) is 0 Å². The van der Waals surface area contributed by atoms with Crippen LogP contribution < -0.4 is 15.8 Å². The largest absolute Gasteiger partial charge is 0.487 e. The summed E-state index contributed by atoms with van der Waals surface area (Å²) in [5, 5.41) is 3.46. The minimum absolute atomic E-state index is 0.0539. The van der Waals surface area contributed by atoms with Crippen molar-refractivity contribution < 1.29 is 9.53 Å². The molecule has 0 radical (unpaired) electrons. The van der Waals surface area contributed by atoms with Gasteiger partial charge in [-0.3, -0.25) is 4.79 Å². The molecule has 0 saturated heterocycles. The number of benzene rings is 2. The summed E-state index contributed by atoms with van der Waals surface area (Å²) in [6, 6.07) is 15.0. The van der Waals surface area contributed by atoms with Gasteiger partial charge >= 0.3 is 0 Å². The van der Waals surface area contributed by atoms with Crippen LogP contribution in [0.2, 0.25) is 5.02 Å². The standard InChI is InChI=1S/C18H21ClN2O2/c1-13(20)10-18(22)21-11-14-6-2-3-7-15(14)12-23-17-9-5-4-8-16(17)19/h2-9,13H,10-12,20H2,1H3,(H,21,22). The summed E-state index contributed by atoms with van der Waals surface area (Å²) in [4.78, 5) is 11.7. The number of para-hydroxylation sites is 1. The van der Waals surface area contributed by atoms with Gasteiger partial charge in [-0.1, -0.05) is 48.0 Å². The van der Waals surface area contributed by atoms with Crippen molar-refractivity contribution in [3.05, 3.63) is 64.7 Å². The van der Waals surface area contributed by atoms with E-state index in [1.807, 2.05) is 49.4 Å². The highest BCUT2D eigenvalue weighted by molar-refractivity contribution is 6.32. The predicted molar refractivity (Wildman–Crippen MR) is 92.3 cm³/mol. The van der Waals surface area contributed by atoms with Crippen LogP contribution in [0, 0.1) is 0 Å². The lowest BCUT2D eigenvalue weighted by Gasteiger charge is -2.13. The minimum Gasteiger partial charge on any atom is -0.487 e. The molecule has 0 aromatic heterocycles. The normalized spacial score (nSPS) is 11.8. The number of nitrogens with one attached hydrogen (secondary N) is 1. The lowest BCUT2D eigenvalue weighted by atomic mass is 10.1.